The number of fused-ring (bicyclic) bond motifs is 1. The van der Waals surface area contributed by atoms with Gasteiger partial charge in [0, 0.05) is 5.56 Å². The van der Waals surface area contributed by atoms with Crippen LogP contribution in [0.3, 0.4) is 0 Å². The summed E-state index contributed by atoms with van der Waals surface area (Å²) in [6.45, 7) is 0. The molecule has 0 saturated heterocycles. The van der Waals surface area contributed by atoms with E-state index in [1.54, 1.807) is 60.7 Å². The summed E-state index contributed by atoms with van der Waals surface area (Å²) in [5.41, 5.74) is 7.95. The van der Waals surface area contributed by atoms with E-state index in [-0.39, 0.29) is 5.56 Å². The standard InChI is InChI=1S/C24H16N4O2/c25-15-17-10-8-16(9-11-17)12-13-22-27-21-7-2-1-6-20(21)24(30)28(22)19-5-3-4-18(14-19)23(26)29/h1-14H,(H2,26,29)/b13-12+. The van der Waals surface area contributed by atoms with E-state index in [2.05, 4.69) is 11.1 Å². The van der Waals surface area contributed by atoms with Crippen LogP contribution < -0.4 is 11.3 Å². The van der Waals surface area contributed by atoms with Gasteiger partial charge >= 0.3 is 0 Å². The van der Waals surface area contributed by atoms with E-state index in [1.807, 2.05) is 24.3 Å². The second-order valence-electron chi connectivity index (χ2n) is 6.61. The van der Waals surface area contributed by atoms with Gasteiger partial charge in [0.2, 0.25) is 5.91 Å². The van der Waals surface area contributed by atoms with Crippen molar-refractivity contribution in [2.75, 3.05) is 0 Å². The molecule has 1 amide bonds. The summed E-state index contributed by atoms with van der Waals surface area (Å²) in [4.78, 5) is 29.5. The van der Waals surface area contributed by atoms with Crippen molar-refractivity contribution in [3.63, 3.8) is 0 Å². The fourth-order valence-corrected chi connectivity index (χ4v) is 3.15. The molecule has 0 fully saturated rings. The number of primary amides is 1. The first kappa shape index (κ1) is 18.8. The summed E-state index contributed by atoms with van der Waals surface area (Å²) in [7, 11) is 0. The molecule has 30 heavy (non-hydrogen) atoms. The molecule has 144 valence electrons. The molecule has 0 atom stereocenters. The zero-order valence-electron chi connectivity index (χ0n) is 15.8. The number of carbonyl (C=O) groups is 1. The van der Waals surface area contributed by atoms with Crippen LogP contribution >= 0.6 is 0 Å². The summed E-state index contributed by atoms with van der Waals surface area (Å²) in [6.07, 6.45) is 3.54. The second-order valence-corrected chi connectivity index (χ2v) is 6.61. The molecule has 0 aliphatic carbocycles. The van der Waals surface area contributed by atoms with Gasteiger partial charge in [0.1, 0.15) is 5.82 Å². The van der Waals surface area contributed by atoms with Gasteiger partial charge in [0.25, 0.3) is 5.56 Å². The number of nitrogens with two attached hydrogens (primary N) is 1. The van der Waals surface area contributed by atoms with Gasteiger partial charge in [-0.05, 0) is 54.1 Å². The molecule has 0 saturated carbocycles. The zero-order chi connectivity index (χ0) is 21.1. The zero-order valence-corrected chi connectivity index (χ0v) is 15.8. The van der Waals surface area contributed by atoms with Crippen LogP contribution in [0.2, 0.25) is 0 Å². The first-order chi connectivity index (χ1) is 14.6. The SMILES string of the molecule is N#Cc1ccc(/C=C/c2nc3ccccc3c(=O)n2-c2cccc(C(N)=O)c2)cc1. The summed E-state index contributed by atoms with van der Waals surface area (Å²) in [5, 5.41) is 9.41. The lowest BCUT2D eigenvalue weighted by molar-refractivity contribution is 0.1000. The molecule has 6 nitrogen and oxygen atoms in total. The van der Waals surface area contributed by atoms with Crippen molar-refractivity contribution in [1.29, 1.82) is 5.26 Å². The third-order valence-corrected chi connectivity index (χ3v) is 4.66. The minimum atomic E-state index is -0.576. The topological polar surface area (TPSA) is 102 Å². The maximum atomic E-state index is 13.3. The van der Waals surface area contributed by atoms with Crippen LogP contribution in [-0.2, 0) is 0 Å². The van der Waals surface area contributed by atoms with Crippen LogP contribution in [0.4, 0.5) is 0 Å². The maximum Gasteiger partial charge on any atom is 0.266 e. The van der Waals surface area contributed by atoms with Crippen LogP contribution in [0.5, 0.6) is 0 Å². The highest BCUT2D eigenvalue weighted by molar-refractivity contribution is 5.93. The van der Waals surface area contributed by atoms with E-state index < -0.39 is 5.91 Å². The van der Waals surface area contributed by atoms with Crippen molar-refractivity contribution >= 4 is 29.0 Å². The Morgan fingerprint density at radius 2 is 1.77 bits per heavy atom. The van der Waals surface area contributed by atoms with Crippen LogP contribution in [0.25, 0.3) is 28.7 Å². The molecule has 1 heterocycles. The molecule has 0 aliphatic heterocycles. The van der Waals surface area contributed by atoms with Crippen molar-refractivity contribution in [3.05, 3.63) is 106 Å². The van der Waals surface area contributed by atoms with E-state index in [0.717, 1.165) is 5.56 Å². The normalized spacial score (nSPS) is 10.9. The molecule has 6 heteroatoms. The summed E-state index contributed by atoms with van der Waals surface area (Å²) in [5.74, 6) is -0.169. The minimum absolute atomic E-state index is 0.248. The molecule has 0 spiro atoms. The quantitative estimate of drug-likeness (QED) is 0.574. The second kappa shape index (κ2) is 7.86. The van der Waals surface area contributed by atoms with Crippen molar-refractivity contribution in [3.8, 4) is 11.8 Å². The Bertz CT molecular complexity index is 1390. The molecule has 4 aromatic rings. The lowest BCUT2D eigenvalue weighted by Gasteiger charge is -2.12. The Balaban J connectivity index is 1.91. The van der Waals surface area contributed by atoms with Gasteiger partial charge in [0.05, 0.1) is 28.2 Å². The molecule has 3 aromatic carbocycles. The number of amides is 1. The molecule has 0 aliphatic rings. The van der Waals surface area contributed by atoms with Crippen molar-refractivity contribution in [2.45, 2.75) is 0 Å². The smallest absolute Gasteiger partial charge is 0.266 e. The predicted molar refractivity (Wildman–Crippen MR) is 116 cm³/mol. The maximum absolute atomic E-state index is 13.3. The lowest BCUT2D eigenvalue weighted by atomic mass is 10.1. The number of nitriles is 1. The van der Waals surface area contributed by atoms with E-state index in [0.29, 0.717) is 33.5 Å². The van der Waals surface area contributed by atoms with Gasteiger partial charge in [0.15, 0.2) is 0 Å². The van der Waals surface area contributed by atoms with E-state index in [4.69, 9.17) is 11.0 Å². The monoisotopic (exact) mass is 392 g/mol. The highest BCUT2D eigenvalue weighted by atomic mass is 16.1. The number of benzene rings is 3. The van der Waals surface area contributed by atoms with Gasteiger partial charge in [-0.15, -0.1) is 0 Å². The van der Waals surface area contributed by atoms with Gasteiger partial charge in [-0.25, -0.2) is 4.98 Å². The van der Waals surface area contributed by atoms with Crippen LogP contribution in [0.1, 0.15) is 27.3 Å². The van der Waals surface area contributed by atoms with E-state index >= 15 is 0 Å². The molecule has 4 rings (SSSR count). The predicted octanol–water partition coefficient (Wildman–Crippen LogP) is 3.53. The first-order valence-corrected chi connectivity index (χ1v) is 9.17. The number of para-hydroxylation sites is 1. The summed E-state index contributed by atoms with van der Waals surface area (Å²) < 4.78 is 1.45. The Morgan fingerprint density at radius 3 is 2.50 bits per heavy atom. The molecular formula is C24H16N4O2. The third-order valence-electron chi connectivity index (χ3n) is 4.66. The van der Waals surface area contributed by atoms with E-state index in [9.17, 15) is 9.59 Å². The molecular weight excluding hydrogens is 376 g/mol. The highest BCUT2D eigenvalue weighted by Crippen LogP contribution is 2.17. The Morgan fingerprint density at radius 1 is 1.00 bits per heavy atom. The average Bonchev–Trinajstić information content (AvgIpc) is 2.78. The molecule has 2 N–H and O–H groups in total. The highest BCUT2D eigenvalue weighted by Gasteiger charge is 2.12. The third kappa shape index (κ3) is 3.60. The number of rotatable bonds is 4. The van der Waals surface area contributed by atoms with E-state index in [1.165, 1.54) is 4.57 Å². The van der Waals surface area contributed by atoms with Crippen molar-refractivity contribution in [1.82, 2.24) is 9.55 Å². The Hall–Kier alpha value is -4.50. The Labute approximate surface area is 172 Å². The fourth-order valence-electron chi connectivity index (χ4n) is 3.15. The summed E-state index contributed by atoms with van der Waals surface area (Å²) in [6, 6.07) is 22.8. The number of carbonyl (C=O) groups excluding carboxylic acids is 1. The van der Waals surface area contributed by atoms with Crippen LogP contribution in [0, 0.1) is 11.3 Å². The minimum Gasteiger partial charge on any atom is -0.366 e. The molecule has 0 radical (unpaired) electrons. The number of hydrogen-bond acceptors (Lipinski definition) is 4. The largest absolute Gasteiger partial charge is 0.366 e. The Kier molecular flexibility index (Phi) is 4.93. The molecule has 0 unspecified atom stereocenters. The van der Waals surface area contributed by atoms with Gasteiger partial charge in [-0.3, -0.25) is 14.2 Å². The van der Waals surface area contributed by atoms with Crippen molar-refractivity contribution in [2.24, 2.45) is 5.73 Å². The van der Waals surface area contributed by atoms with Crippen LogP contribution in [0.15, 0.2) is 77.6 Å². The van der Waals surface area contributed by atoms with Gasteiger partial charge in [-0.1, -0.05) is 36.4 Å². The summed E-state index contributed by atoms with van der Waals surface area (Å²) >= 11 is 0. The molecule has 0 bridgehead atoms. The van der Waals surface area contributed by atoms with Crippen LogP contribution in [-0.4, -0.2) is 15.5 Å². The fraction of sp³-hybridized carbons (Fsp3) is 0. The number of aromatic nitrogens is 2. The number of hydrogen-bond donors (Lipinski definition) is 1. The van der Waals surface area contributed by atoms with Crippen molar-refractivity contribution < 1.29 is 4.79 Å². The van der Waals surface area contributed by atoms with Gasteiger partial charge in [-0.2, -0.15) is 5.26 Å². The lowest BCUT2D eigenvalue weighted by Crippen LogP contribution is -2.23. The molecule has 1 aromatic heterocycles. The first-order valence-electron chi connectivity index (χ1n) is 9.17. The van der Waals surface area contributed by atoms with Gasteiger partial charge < -0.3 is 5.73 Å². The number of nitrogens with zero attached hydrogens (tertiary/aromatic N) is 3. The average molecular weight is 392 g/mol.